The van der Waals surface area contributed by atoms with Crippen LogP contribution in [0, 0.1) is 17.8 Å². The van der Waals surface area contributed by atoms with E-state index >= 15 is 0 Å². The zero-order valence-corrected chi connectivity index (χ0v) is 22.8. The largest absolute Gasteiger partial charge is 0.508 e. The number of benzene rings is 1. The molecule has 10 nitrogen and oxygen atoms in total. The number of aromatic hydroxyl groups is 1. The number of carbonyl (C=O) groups excluding carboxylic acids is 3. The number of nitrogens with two attached hydrogens (primary N) is 1. The molecule has 1 aromatic carbocycles. The van der Waals surface area contributed by atoms with Gasteiger partial charge in [-0.15, -0.1) is 0 Å². The minimum atomic E-state index is -1.14. The minimum Gasteiger partial charge on any atom is -0.508 e. The van der Waals surface area contributed by atoms with Gasteiger partial charge in [0.05, 0.1) is 6.04 Å². The number of phenolic OH excluding ortho intramolecular Hbond substituents is 1. The van der Waals surface area contributed by atoms with Crippen molar-refractivity contribution in [2.45, 2.75) is 91.4 Å². The Kier molecular flexibility index (Phi) is 13.1. The number of nitrogens with one attached hydrogen (secondary N) is 3. The van der Waals surface area contributed by atoms with E-state index < -0.39 is 47.9 Å². The van der Waals surface area contributed by atoms with Crippen LogP contribution in [0.5, 0.6) is 5.75 Å². The molecule has 1 aromatic rings. The average Bonchev–Trinajstić information content (AvgIpc) is 2.81. The second-order valence-electron chi connectivity index (χ2n) is 10.6. The topological polar surface area (TPSA) is 171 Å². The summed E-state index contributed by atoms with van der Waals surface area (Å²) in [7, 11) is 0. The Bertz CT molecular complexity index is 903. The summed E-state index contributed by atoms with van der Waals surface area (Å²) >= 11 is 0. The molecular formula is C27H44N4O6. The molecule has 10 heteroatoms. The second-order valence-corrected chi connectivity index (χ2v) is 10.6. The van der Waals surface area contributed by atoms with Crippen LogP contribution in [0.4, 0.5) is 0 Å². The van der Waals surface area contributed by atoms with Gasteiger partial charge in [0.15, 0.2) is 0 Å². The third-order valence-corrected chi connectivity index (χ3v) is 6.18. The summed E-state index contributed by atoms with van der Waals surface area (Å²) in [5.74, 6) is -2.81. The average molecular weight is 521 g/mol. The first-order chi connectivity index (χ1) is 17.2. The highest BCUT2D eigenvalue weighted by Crippen LogP contribution is 2.14. The summed E-state index contributed by atoms with van der Waals surface area (Å²) in [6, 6.07) is 2.45. The van der Waals surface area contributed by atoms with Crippen LogP contribution in [0.3, 0.4) is 0 Å². The van der Waals surface area contributed by atoms with E-state index in [0.29, 0.717) is 12.8 Å². The summed E-state index contributed by atoms with van der Waals surface area (Å²) in [5.41, 5.74) is 6.84. The van der Waals surface area contributed by atoms with E-state index in [0.717, 1.165) is 5.56 Å². The third-order valence-electron chi connectivity index (χ3n) is 6.18. The predicted octanol–water partition coefficient (Wildman–Crippen LogP) is 1.94. The molecule has 0 saturated heterocycles. The maximum Gasteiger partial charge on any atom is 0.326 e. The summed E-state index contributed by atoms with van der Waals surface area (Å²) in [5, 5.41) is 27.0. The van der Waals surface area contributed by atoms with E-state index in [9.17, 15) is 29.4 Å². The number of hydrogen-bond donors (Lipinski definition) is 6. The summed E-state index contributed by atoms with van der Waals surface area (Å²) < 4.78 is 0. The number of carboxylic acids is 1. The van der Waals surface area contributed by atoms with E-state index in [2.05, 4.69) is 16.0 Å². The molecule has 0 aliphatic carbocycles. The molecular weight excluding hydrogens is 476 g/mol. The third kappa shape index (κ3) is 11.2. The van der Waals surface area contributed by atoms with E-state index in [-0.39, 0.29) is 36.3 Å². The zero-order valence-electron chi connectivity index (χ0n) is 22.8. The lowest BCUT2D eigenvalue weighted by molar-refractivity contribution is -0.143. The lowest BCUT2D eigenvalue weighted by Crippen LogP contribution is -2.59. The smallest absolute Gasteiger partial charge is 0.326 e. The van der Waals surface area contributed by atoms with Crippen molar-refractivity contribution in [1.82, 2.24) is 16.0 Å². The van der Waals surface area contributed by atoms with Gasteiger partial charge in [-0.1, -0.05) is 60.1 Å². The molecule has 208 valence electrons. The molecule has 37 heavy (non-hydrogen) atoms. The fraction of sp³-hybridized carbons (Fsp3) is 0.630. The minimum absolute atomic E-state index is 0.0504. The number of hydrogen-bond acceptors (Lipinski definition) is 6. The number of rotatable bonds is 15. The SMILES string of the molecule is CCC(C)C(NC(=O)C(CC(C)C)NC(=O)C(N)Cc1ccc(O)cc1)C(=O)NC(CC(C)C)C(=O)O. The first kappa shape index (κ1) is 31.9. The van der Waals surface area contributed by atoms with Crippen molar-refractivity contribution in [3.05, 3.63) is 29.8 Å². The van der Waals surface area contributed by atoms with Crippen molar-refractivity contribution < 1.29 is 29.4 Å². The van der Waals surface area contributed by atoms with Gasteiger partial charge in [-0.05, 0) is 54.7 Å². The Morgan fingerprint density at radius 2 is 1.32 bits per heavy atom. The standard InChI is InChI=1S/C27H44N4O6/c1-7-17(6)23(26(35)30-22(27(36)37)13-16(4)5)31-25(34)21(12-15(2)3)29-24(33)20(28)14-18-8-10-19(32)11-9-18/h8-11,15-17,20-23,32H,7,12-14,28H2,1-6H3,(H,29,33)(H,30,35)(H,31,34)(H,36,37). The van der Waals surface area contributed by atoms with Crippen LogP contribution in [0.1, 0.15) is 66.4 Å². The Hall–Kier alpha value is -3.14. The lowest BCUT2D eigenvalue weighted by atomic mass is 9.95. The fourth-order valence-electron chi connectivity index (χ4n) is 3.87. The van der Waals surface area contributed by atoms with Crippen molar-refractivity contribution in [3.63, 3.8) is 0 Å². The number of amides is 3. The maximum absolute atomic E-state index is 13.3. The van der Waals surface area contributed by atoms with Gasteiger partial charge in [0.25, 0.3) is 0 Å². The van der Waals surface area contributed by atoms with Crippen LogP contribution in [0.25, 0.3) is 0 Å². The summed E-state index contributed by atoms with van der Waals surface area (Å²) in [6.45, 7) is 11.2. The quantitative estimate of drug-likeness (QED) is 0.205. The van der Waals surface area contributed by atoms with Crippen molar-refractivity contribution in [3.8, 4) is 5.75 Å². The number of aliphatic carboxylic acids is 1. The second kappa shape index (κ2) is 15.2. The maximum atomic E-state index is 13.3. The first-order valence-electron chi connectivity index (χ1n) is 12.9. The van der Waals surface area contributed by atoms with Gasteiger partial charge in [0.1, 0.15) is 23.9 Å². The van der Waals surface area contributed by atoms with Crippen molar-refractivity contribution in [2.75, 3.05) is 0 Å². The fourth-order valence-corrected chi connectivity index (χ4v) is 3.87. The van der Waals surface area contributed by atoms with Gasteiger partial charge in [-0.3, -0.25) is 14.4 Å². The molecule has 1 rings (SSSR count). The normalized spacial score (nSPS) is 15.4. The molecule has 0 saturated carbocycles. The van der Waals surface area contributed by atoms with Crippen LogP contribution < -0.4 is 21.7 Å². The molecule has 7 N–H and O–H groups in total. The molecule has 0 heterocycles. The van der Waals surface area contributed by atoms with Gasteiger partial charge < -0.3 is 31.9 Å². The van der Waals surface area contributed by atoms with E-state index in [1.54, 1.807) is 19.1 Å². The summed E-state index contributed by atoms with van der Waals surface area (Å²) in [4.78, 5) is 50.8. The monoisotopic (exact) mass is 520 g/mol. The summed E-state index contributed by atoms with van der Waals surface area (Å²) in [6.07, 6.45) is 1.36. The molecule has 0 aromatic heterocycles. The molecule has 0 fully saturated rings. The van der Waals surface area contributed by atoms with Crippen molar-refractivity contribution in [1.29, 1.82) is 0 Å². The van der Waals surface area contributed by atoms with Crippen LogP contribution in [0.15, 0.2) is 24.3 Å². The predicted molar refractivity (Wildman–Crippen MR) is 142 cm³/mol. The highest BCUT2D eigenvalue weighted by molar-refractivity contribution is 5.94. The van der Waals surface area contributed by atoms with Crippen LogP contribution in [-0.4, -0.2) is 58.1 Å². The van der Waals surface area contributed by atoms with Crippen LogP contribution in [-0.2, 0) is 25.6 Å². The van der Waals surface area contributed by atoms with Gasteiger partial charge in [0.2, 0.25) is 17.7 Å². The van der Waals surface area contributed by atoms with Crippen molar-refractivity contribution >= 4 is 23.7 Å². The van der Waals surface area contributed by atoms with E-state index in [1.807, 2.05) is 34.6 Å². The molecule has 0 aliphatic heterocycles. The molecule has 0 aliphatic rings. The van der Waals surface area contributed by atoms with E-state index in [4.69, 9.17) is 5.73 Å². The van der Waals surface area contributed by atoms with Gasteiger partial charge in [0, 0.05) is 0 Å². The lowest BCUT2D eigenvalue weighted by Gasteiger charge is -2.29. The van der Waals surface area contributed by atoms with Gasteiger partial charge >= 0.3 is 5.97 Å². The Morgan fingerprint density at radius 3 is 1.81 bits per heavy atom. The molecule has 3 amide bonds. The Labute approximate surface area is 219 Å². The van der Waals surface area contributed by atoms with Gasteiger partial charge in [-0.2, -0.15) is 0 Å². The van der Waals surface area contributed by atoms with Gasteiger partial charge in [-0.25, -0.2) is 4.79 Å². The zero-order chi connectivity index (χ0) is 28.3. The number of carbonyl (C=O) groups is 4. The highest BCUT2D eigenvalue weighted by atomic mass is 16.4. The molecule has 5 atom stereocenters. The number of carboxylic acid groups (broad SMARTS) is 1. The Morgan fingerprint density at radius 1 is 0.811 bits per heavy atom. The Balaban J connectivity index is 2.99. The van der Waals surface area contributed by atoms with Crippen LogP contribution >= 0.6 is 0 Å². The number of phenols is 1. The molecule has 0 bridgehead atoms. The first-order valence-corrected chi connectivity index (χ1v) is 12.9. The van der Waals surface area contributed by atoms with Crippen molar-refractivity contribution in [2.24, 2.45) is 23.5 Å². The molecule has 0 radical (unpaired) electrons. The highest BCUT2D eigenvalue weighted by Gasteiger charge is 2.33. The molecule has 5 unspecified atom stereocenters. The van der Waals surface area contributed by atoms with E-state index in [1.165, 1.54) is 12.1 Å². The molecule has 0 spiro atoms. The van der Waals surface area contributed by atoms with Crippen LogP contribution in [0.2, 0.25) is 0 Å².